The molecule has 106 valence electrons. The van der Waals surface area contributed by atoms with Gasteiger partial charge in [-0.25, -0.2) is 8.42 Å². The lowest BCUT2D eigenvalue weighted by molar-refractivity contribution is 0.280. The predicted molar refractivity (Wildman–Crippen MR) is 79.4 cm³/mol. The van der Waals surface area contributed by atoms with E-state index in [1.165, 1.54) is 6.07 Å². The fraction of sp³-hybridized carbons (Fsp3) is 0.143. The van der Waals surface area contributed by atoms with Crippen molar-refractivity contribution < 1.29 is 13.5 Å². The van der Waals surface area contributed by atoms with Gasteiger partial charge in [0.1, 0.15) is 0 Å². The van der Waals surface area contributed by atoms with Gasteiger partial charge in [-0.2, -0.15) is 0 Å². The molecule has 0 heterocycles. The van der Waals surface area contributed by atoms with E-state index in [1.807, 2.05) is 0 Å². The van der Waals surface area contributed by atoms with Gasteiger partial charge in [-0.05, 0) is 48.4 Å². The van der Waals surface area contributed by atoms with E-state index in [1.54, 1.807) is 43.3 Å². The van der Waals surface area contributed by atoms with Crippen LogP contribution in [0.25, 0.3) is 0 Å². The monoisotopic (exact) mass is 311 g/mol. The van der Waals surface area contributed by atoms with Crippen LogP contribution < -0.4 is 4.72 Å². The highest BCUT2D eigenvalue weighted by Gasteiger charge is 2.18. The average molecular weight is 312 g/mol. The van der Waals surface area contributed by atoms with Gasteiger partial charge in [0.15, 0.2) is 0 Å². The Bertz CT molecular complexity index is 712. The highest BCUT2D eigenvalue weighted by atomic mass is 35.5. The van der Waals surface area contributed by atoms with Crippen molar-refractivity contribution >= 4 is 27.3 Å². The highest BCUT2D eigenvalue weighted by Crippen LogP contribution is 2.22. The Morgan fingerprint density at radius 2 is 1.80 bits per heavy atom. The summed E-state index contributed by atoms with van der Waals surface area (Å²) in [6.45, 7) is 1.47. The zero-order valence-electron chi connectivity index (χ0n) is 10.8. The largest absolute Gasteiger partial charge is 0.392 e. The SMILES string of the molecule is Cc1c(CO)cccc1S(=O)(=O)Nc1ccc(Cl)cc1. The number of aliphatic hydroxyl groups is 1. The number of hydrogen-bond acceptors (Lipinski definition) is 3. The summed E-state index contributed by atoms with van der Waals surface area (Å²) in [5.74, 6) is 0. The molecule has 0 aromatic heterocycles. The zero-order chi connectivity index (χ0) is 14.8. The normalized spacial score (nSPS) is 11.3. The van der Waals surface area contributed by atoms with Crippen LogP contribution in [-0.2, 0) is 16.6 Å². The molecule has 0 aliphatic carbocycles. The van der Waals surface area contributed by atoms with Crippen molar-refractivity contribution in [2.75, 3.05) is 4.72 Å². The minimum atomic E-state index is -3.69. The van der Waals surface area contributed by atoms with Gasteiger partial charge in [0.05, 0.1) is 11.5 Å². The molecule has 0 atom stereocenters. The molecule has 2 rings (SSSR count). The standard InChI is InChI=1S/C14H14ClNO3S/c1-10-11(9-17)3-2-4-14(10)20(18,19)16-13-7-5-12(15)6-8-13/h2-8,16-17H,9H2,1H3. The lowest BCUT2D eigenvalue weighted by atomic mass is 10.1. The fourth-order valence-electron chi connectivity index (χ4n) is 1.85. The number of benzene rings is 2. The van der Waals surface area contributed by atoms with E-state index in [4.69, 9.17) is 11.6 Å². The third kappa shape index (κ3) is 3.12. The van der Waals surface area contributed by atoms with Gasteiger partial charge in [0.25, 0.3) is 10.0 Å². The predicted octanol–water partition coefficient (Wildman–Crippen LogP) is 2.94. The average Bonchev–Trinajstić information content (AvgIpc) is 2.41. The molecule has 0 aliphatic rings. The Hall–Kier alpha value is -1.56. The van der Waals surface area contributed by atoms with Crippen LogP contribution in [0.3, 0.4) is 0 Å². The molecule has 2 N–H and O–H groups in total. The topological polar surface area (TPSA) is 66.4 Å². The minimum absolute atomic E-state index is 0.152. The van der Waals surface area contributed by atoms with Crippen LogP contribution in [0.5, 0.6) is 0 Å². The molecular formula is C14H14ClNO3S. The van der Waals surface area contributed by atoms with Crippen molar-refractivity contribution in [2.45, 2.75) is 18.4 Å². The van der Waals surface area contributed by atoms with E-state index in [9.17, 15) is 13.5 Å². The van der Waals surface area contributed by atoms with Gasteiger partial charge < -0.3 is 5.11 Å². The van der Waals surface area contributed by atoms with E-state index in [2.05, 4.69) is 4.72 Å². The fourth-order valence-corrected chi connectivity index (χ4v) is 3.32. The van der Waals surface area contributed by atoms with Gasteiger partial charge >= 0.3 is 0 Å². The minimum Gasteiger partial charge on any atom is -0.392 e. The third-order valence-electron chi connectivity index (χ3n) is 2.95. The van der Waals surface area contributed by atoms with Gasteiger partial charge in [-0.3, -0.25) is 4.72 Å². The van der Waals surface area contributed by atoms with Crippen molar-refractivity contribution in [2.24, 2.45) is 0 Å². The Balaban J connectivity index is 2.38. The number of sulfonamides is 1. The number of halogens is 1. The summed E-state index contributed by atoms with van der Waals surface area (Å²) < 4.78 is 27.2. The molecule has 0 amide bonds. The molecule has 6 heteroatoms. The summed E-state index contributed by atoms with van der Waals surface area (Å²) >= 11 is 5.76. The van der Waals surface area contributed by atoms with Crippen molar-refractivity contribution in [1.82, 2.24) is 0 Å². The third-order valence-corrected chi connectivity index (χ3v) is 4.73. The molecule has 0 bridgehead atoms. The van der Waals surface area contributed by atoms with Crippen molar-refractivity contribution in [3.63, 3.8) is 0 Å². The number of aliphatic hydroxyl groups excluding tert-OH is 1. The maximum Gasteiger partial charge on any atom is 0.262 e. The van der Waals surface area contributed by atoms with Crippen LogP contribution in [0.2, 0.25) is 5.02 Å². The Morgan fingerprint density at radius 3 is 2.40 bits per heavy atom. The van der Waals surface area contributed by atoms with E-state index in [0.29, 0.717) is 21.8 Å². The molecule has 0 radical (unpaired) electrons. The van der Waals surface area contributed by atoms with Crippen molar-refractivity contribution in [3.8, 4) is 0 Å². The highest BCUT2D eigenvalue weighted by molar-refractivity contribution is 7.92. The van der Waals surface area contributed by atoms with Gasteiger partial charge in [0, 0.05) is 10.7 Å². The van der Waals surface area contributed by atoms with Crippen LogP contribution in [0, 0.1) is 6.92 Å². The molecule has 0 aliphatic heterocycles. The first kappa shape index (κ1) is 14.8. The van der Waals surface area contributed by atoms with Crippen LogP contribution in [-0.4, -0.2) is 13.5 Å². The summed E-state index contributed by atoms with van der Waals surface area (Å²) in [5, 5.41) is 9.73. The molecule has 0 fully saturated rings. The van der Waals surface area contributed by atoms with Crippen LogP contribution in [0.4, 0.5) is 5.69 Å². The first-order chi connectivity index (χ1) is 9.44. The Kier molecular flexibility index (Phi) is 4.32. The molecule has 0 saturated heterocycles. The molecule has 2 aromatic carbocycles. The summed E-state index contributed by atoms with van der Waals surface area (Å²) in [6, 6.07) is 11.2. The summed E-state index contributed by atoms with van der Waals surface area (Å²) in [4.78, 5) is 0.152. The van der Waals surface area contributed by atoms with Crippen molar-refractivity contribution in [1.29, 1.82) is 0 Å². The summed E-state index contributed by atoms with van der Waals surface area (Å²) in [7, 11) is -3.69. The lowest BCUT2D eigenvalue weighted by Gasteiger charge is -2.12. The van der Waals surface area contributed by atoms with Crippen LogP contribution in [0.15, 0.2) is 47.4 Å². The summed E-state index contributed by atoms with van der Waals surface area (Å²) in [5.41, 5.74) is 1.56. The molecule has 2 aromatic rings. The first-order valence-corrected chi connectivity index (χ1v) is 7.78. The number of nitrogens with one attached hydrogen (secondary N) is 1. The maximum atomic E-state index is 12.3. The second-order valence-electron chi connectivity index (χ2n) is 4.31. The number of anilines is 1. The van der Waals surface area contributed by atoms with E-state index < -0.39 is 10.0 Å². The molecule has 4 nitrogen and oxygen atoms in total. The van der Waals surface area contributed by atoms with Crippen LogP contribution >= 0.6 is 11.6 Å². The van der Waals surface area contributed by atoms with Gasteiger partial charge in [-0.15, -0.1) is 0 Å². The second-order valence-corrected chi connectivity index (χ2v) is 6.40. The molecule has 0 unspecified atom stereocenters. The lowest BCUT2D eigenvalue weighted by Crippen LogP contribution is -2.15. The molecule has 0 saturated carbocycles. The number of hydrogen-bond donors (Lipinski definition) is 2. The molecule has 20 heavy (non-hydrogen) atoms. The van der Waals surface area contributed by atoms with E-state index in [-0.39, 0.29) is 11.5 Å². The van der Waals surface area contributed by atoms with Crippen molar-refractivity contribution in [3.05, 3.63) is 58.6 Å². The van der Waals surface area contributed by atoms with Crippen LogP contribution in [0.1, 0.15) is 11.1 Å². The van der Waals surface area contributed by atoms with E-state index >= 15 is 0 Å². The quantitative estimate of drug-likeness (QED) is 0.912. The number of rotatable bonds is 4. The Labute approximate surface area is 123 Å². The van der Waals surface area contributed by atoms with Gasteiger partial charge in [0.2, 0.25) is 0 Å². The zero-order valence-corrected chi connectivity index (χ0v) is 12.4. The maximum absolute atomic E-state index is 12.3. The van der Waals surface area contributed by atoms with Gasteiger partial charge in [-0.1, -0.05) is 23.7 Å². The smallest absolute Gasteiger partial charge is 0.262 e. The summed E-state index contributed by atoms with van der Waals surface area (Å²) in [6.07, 6.45) is 0. The van der Waals surface area contributed by atoms with E-state index in [0.717, 1.165) is 0 Å². The Morgan fingerprint density at radius 1 is 1.15 bits per heavy atom. The molecular weight excluding hydrogens is 298 g/mol. The first-order valence-electron chi connectivity index (χ1n) is 5.92. The second kappa shape index (κ2) is 5.83. The molecule has 0 spiro atoms.